The van der Waals surface area contributed by atoms with E-state index in [0.717, 1.165) is 37.7 Å². The smallest absolute Gasteiger partial charge is 0.417 e. The quantitative estimate of drug-likeness (QED) is 0.314. The van der Waals surface area contributed by atoms with Crippen LogP contribution in [0, 0.1) is 30.6 Å². The number of benzene rings is 1. The number of ether oxygens (including phenoxy) is 2. The van der Waals surface area contributed by atoms with E-state index in [2.05, 4.69) is 0 Å². The normalized spacial score (nSPS) is 29.4. The molecule has 184 valence electrons. The summed E-state index contributed by atoms with van der Waals surface area (Å²) in [4.78, 5) is 26.0. The first-order valence-corrected chi connectivity index (χ1v) is 12.0. The Bertz CT molecular complexity index is 1330. The zero-order valence-corrected chi connectivity index (χ0v) is 19.8. The molecule has 4 saturated carbocycles. The molecule has 0 unspecified atom stereocenters. The highest BCUT2D eigenvalue weighted by Gasteiger charge is 2.53. The number of hydrogen-bond acceptors (Lipinski definition) is 4. The molecule has 1 saturated heterocycles. The second-order valence-electron chi connectivity index (χ2n) is 10.5. The molecule has 5 fully saturated rings. The summed E-state index contributed by atoms with van der Waals surface area (Å²) in [6, 6.07) is 4.92. The van der Waals surface area contributed by atoms with Gasteiger partial charge in [-0.25, -0.2) is 9.59 Å². The number of carbonyl (C=O) groups is 2. The Labute approximate surface area is 200 Å². The number of esters is 2. The fourth-order valence-electron chi connectivity index (χ4n) is 7.38. The summed E-state index contributed by atoms with van der Waals surface area (Å²) < 4.78 is 56.6. The SMILES string of the molecule is COc1ccc2c(c1)c(/C(=C1\C(=O)OC(=O)C1=C1C3CC4CC(C3)CC1C4)C(F)(F)F)c(C)n2C. The number of allylic oxidation sites excluding steroid dienone is 2. The molecule has 8 heteroatoms. The lowest BCUT2D eigenvalue weighted by molar-refractivity contribution is -0.150. The zero-order chi connectivity index (χ0) is 24.8. The maximum atomic E-state index is 14.9. The monoisotopic (exact) mass is 485 g/mol. The number of alkyl halides is 3. The standard InChI is InChI=1S/C27H26F3NO4/c1-12-20(18-11-17(34-3)4-5-19(18)31(12)2)24(27(28,29)30)23-22(25(32)35-26(23)33)21-15-7-13-6-14(9-15)10-16(21)8-13/h4-5,11,13-16H,6-10H2,1-3H3/b22-21?,24-23+. The lowest BCUT2D eigenvalue weighted by atomic mass is 9.53. The summed E-state index contributed by atoms with van der Waals surface area (Å²) in [6.45, 7) is 1.59. The molecule has 2 aromatic rings. The Hall–Kier alpha value is -3.03. The Kier molecular flexibility index (Phi) is 4.80. The van der Waals surface area contributed by atoms with E-state index in [1.165, 1.54) is 7.11 Å². The van der Waals surface area contributed by atoms with Gasteiger partial charge >= 0.3 is 18.1 Å². The molecule has 2 heterocycles. The molecule has 4 bridgehead atoms. The fourth-order valence-corrected chi connectivity index (χ4v) is 7.38. The van der Waals surface area contributed by atoms with Gasteiger partial charge in [-0.3, -0.25) is 0 Å². The third-order valence-corrected chi connectivity index (χ3v) is 8.63. The first kappa shape index (κ1) is 22.4. The van der Waals surface area contributed by atoms with Crippen LogP contribution >= 0.6 is 0 Å². The van der Waals surface area contributed by atoms with Gasteiger partial charge < -0.3 is 14.0 Å². The van der Waals surface area contributed by atoms with Crippen LogP contribution in [0.15, 0.2) is 34.9 Å². The van der Waals surface area contributed by atoms with Crippen LogP contribution in [0.2, 0.25) is 0 Å². The van der Waals surface area contributed by atoms with Crippen LogP contribution in [0.1, 0.15) is 43.4 Å². The van der Waals surface area contributed by atoms with Crippen LogP contribution in [0.5, 0.6) is 5.75 Å². The second kappa shape index (κ2) is 7.48. The van der Waals surface area contributed by atoms with E-state index in [1.807, 2.05) is 0 Å². The van der Waals surface area contributed by atoms with Gasteiger partial charge in [0.1, 0.15) is 5.75 Å². The number of aromatic nitrogens is 1. The molecule has 1 aromatic heterocycles. The molecule has 0 atom stereocenters. The van der Waals surface area contributed by atoms with E-state index in [4.69, 9.17) is 9.47 Å². The predicted octanol–water partition coefficient (Wildman–Crippen LogP) is 5.65. The number of nitrogens with zero attached hydrogens (tertiary/aromatic N) is 1. The number of cyclic esters (lactones) is 2. The highest BCUT2D eigenvalue weighted by molar-refractivity contribution is 6.23. The lowest BCUT2D eigenvalue weighted by Gasteiger charge is -2.51. The van der Waals surface area contributed by atoms with Gasteiger partial charge in [0.2, 0.25) is 0 Å². The number of halogens is 3. The summed E-state index contributed by atoms with van der Waals surface area (Å²) in [5, 5.41) is 0.311. The Morgan fingerprint density at radius 1 is 1.03 bits per heavy atom. The largest absolute Gasteiger partial charge is 0.497 e. The van der Waals surface area contributed by atoms with Gasteiger partial charge in [0, 0.05) is 29.2 Å². The molecule has 0 amide bonds. The van der Waals surface area contributed by atoms with Crippen molar-refractivity contribution in [2.75, 3.05) is 7.11 Å². The molecule has 0 N–H and O–H groups in total. The minimum atomic E-state index is -4.89. The maximum absolute atomic E-state index is 14.9. The van der Waals surface area contributed by atoms with E-state index in [1.54, 1.807) is 36.7 Å². The second-order valence-corrected chi connectivity index (χ2v) is 10.5. The van der Waals surface area contributed by atoms with E-state index in [-0.39, 0.29) is 23.0 Å². The molecule has 0 radical (unpaired) electrons. The summed E-state index contributed by atoms with van der Waals surface area (Å²) in [5.41, 5.74) is -0.325. The van der Waals surface area contributed by atoms with Gasteiger partial charge in [-0.2, -0.15) is 13.2 Å². The molecular weight excluding hydrogens is 459 g/mol. The molecule has 35 heavy (non-hydrogen) atoms. The van der Waals surface area contributed by atoms with Gasteiger partial charge in [-0.1, -0.05) is 0 Å². The van der Waals surface area contributed by atoms with Crippen LogP contribution in [0.4, 0.5) is 13.2 Å². The third kappa shape index (κ3) is 3.21. The van der Waals surface area contributed by atoms with Crippen LogP contribution < -0.4 is 4.74 Å². The maximum Gasteiger partial charge on any atom is 0.417 e. The number of methoxy groups -OCH3 is 1. The molecule has 7 rings (SSSR count). The molecule has 0 spiro atoms. The number of carbonyl (C=O) groups excluding carboxylic acids is 2. The lowest BCUT2D eigenvalue weighted by Crippen LogP contribution is -2.41. The van der Waals surface area contributed by atoms with E-state index < -0.39 is 29.3 Å². The van der Waals surface area contributed by atoms with Crippen LogP contribution in [-0.2, 0) is 21.4 Å². The highest BCUT2D eigenvalue weighted by Crippen LogP contribution is 2.59. The van der Waals surface area contributed by atoms with Gasteiger partial charge in [-0.15, -0.1) is 0 Å². The summed E-state index contributed by atoms with van der Waals surface area (Å²) in [7, 11) is 3.13. The van der Waals surface area contributed by atoms with Crippen molar-refractivity contribution in [2.24, 2.45) is 30.7 Å². The van der Waals surface area contributed by atoms with Crippen molar-refractivity contribution < 1.29 is 32.2 Å². The first-order valence-electron chi connectivity index (χ1n) is 12.0. The molecule has 1 aromatic carbocycles. The van der Waals surface area contributed by atoms with Crippen molar-refractivity contribution in [3.8, 4) is 5.75 Å². The zero-order valence-electron chi connectivity index (χ0n) is 19.8. The number of rotatable bonds is 2. The van der Waals surface area contributed by atoms with Gasteiger partial charge in [0.05, 0.1) is 23.8 Å². The van der Waals surface area contributed by atoms with Crippen molar-refractivity contribution >= 4 is 28.4 Å². The topological polar surface area (TPSA) is 57.5 Å². The van der Waals surface area contributed by atoms with Crippen molar-refractivity contribution in [1.29, 1.82) is 0 Å². The van der Waals surface area contributed by atoms with E-state index in [0.29, 0.717) is 34.2 Å². The average molecular weight is 486 g/mol. The van der Waals surface area contributed by atoms with E-state index >= 15 is 0 Å². The minimum Gasteiger partial charge on any atom is -0.497 e. The average Bonchev–Trinajstić information content (AvgIpc) is 3.20. The van der Waals surface area contributed by atoms with Gasteiger partial charge in [-0.05, 0) is 86.5 Å². The van der Waals surface area contributed by atoms with Gasteiger partial charge in [0.25, 0.3) is 0 Å². The van der Waals surface area contributed by atoms with E-state index in [9.17, 15) is 22.8 Å². The van der Waals surface area contributed by atoms with Crippen molar-refractivity contribution in [2.45, 2.75) is 45.2 Å². The molecule has 5 nitrogen and oxygen atoms in total. The molecule has 4 aliphatic carbocycles. The van der Waals surface area contributed by atoms with Crippen molar-refractivity contribution in [3.05, 3.63) is 46.2 Å². The predicted molar refractivity (Wildman–Crippen MR) is 122 cm³/mol. The molecular formula is C27H26F3NO4. The molecule has 5 aliphatic rings. The summed E-state index contributed by atoms with van der Waals surface area (Å²) in [5.74, 6) is -0.562. The fraction of sp³-hybridized carbons (Fsp3) is 0.481. The van der Waals surface area contributed by atoms with Crippen LogP contribution in [0.3, 0.4) is 0 Å². The Morgan fingerprint density at radius 3 is 2.23 bits per heavy atom. The number of fused-ring (bicyclic) bond motifs is 1. The summed E-state index contributed by atoms with van der Waals surface area (Å²) >= 11 is 0. The summed E-state index contributed by atoms with van der Waals surface area (Å²) in [6.07, 6.45) is -0.261. The van der Waals surface area contributed by atoms with Gasteiger partial charge in [0.15, 0.2) is 0 Å². The van der Waals surface area contributed by atoms with Crippen LogP contribution in [-0.4, -0.2) is 29.8 Å². The number of aryl methyl sites for hydroxylation is 1. The third-order valence-electron chi connectivity index (χ3n) is 8.63. The first-order chi connectivity index (χ1) is 16.6. The Morgan fingerprint density at radius 2 is 1.66 bits per heavy atom. The minimum absolute atomic E-state index is 0.0397. The Balaban J connectivity index is 1.68. The van der Waals surface area contributed by atoms with Crippen LogP contribution in [0.25, 0.3) is 16.5 Å². The number of hydrogen-bond donors (Lipinski definition) is 0. The van der Waals surface area contributed by atoms with Crippen molar-refractivity contribution in [3.63, 3.8) is 0 Å². The highest BCUT2D eigenvalue weighted by atomic mass is 19.4. The molecule has 1 aliphatic heterocycles. The van der Waals surface area contributed by atoms with Crippen molar-refractivity contribution in [1.82, 2.24) is 4.57 Å².